The fourth-order valence-corrected chi connectivity index (χ4v) is 3.35. The number of nitrogens with two attached hydrogens (primary N) is 1. The van der Waals surface area contributed by atoms with Crippen LogP contribution in [0.3, 0.4) is 0 Å². The van der Waals surface area contributed by atoms with Crippen molar-refractivity contribution in [2.45, 2.75) is 19.4 Å². The summed E-state index contributed by atoms with van der Waals surface area (Å²) in [5.41, 5.74) is 5.94. The third-order valence-electron chi connectivity index (χ3n) is 3.33. The highest BCUT2D eigenvalue weighted by Crippen LogP contribution is 2.19. The summed E-state index contributed by atoms with van der Waals surface area (Å²) in [7, 11) is 0. The molecule has 1 aromatic heterocycles. The number of anilines is 1. The Morgan fingerprint density at radius 3 is 2.62 bits per heavy atom. The van der Waals surface area contributed by atoms with Crippen LogP contribution in [0.4, 0.5) is 5.13 Å². The molecule has 2 heterocycles. The standard InChI is InChI=1S/C12H21N5OS2.ClH/c1-9-14-12(20-15-9)17-6-4-16(5-7-17)11(18)10(13)3-8-19-2;/h10H,3-8,13H2,1-2H3;1H/t10-;/m0./s1. The molecule has 1 amide bonds. The number of thioether (sulfide) groups is 1. The van der Waals surface area contributed by atoms with Gasteiger partial charge in [-0.3, -0.25) is 4.79 Å². The highest BCUT2D eigenvalue weighted by molar-refractivity contribution is 7.98. The number of hydrogen-bond acceptors (Lipinski definition) is 7. The molecule has 1 fully saturated rings. The largest absolute Gasteiger partial charge is 0.343 e. The minimum absolute atomic E-state index is 0. The smallest absolute Gasteiger partial charge is 0.239 e. The summed E-state index contributed by atoms with van der Waals surface area (Å²) < 4.78 is 4.19. The lowest BCUT2D eigenvalue weighted by molar-refractivity contribution is -0.132. The molecular formula is C12H22ClN5OS2. The van der Waals surface area contributed by atoms with E-state index >= 15 is 0 Å². The number of piperazine rings is 1. The van der Waals surface area contributed by atoms with Crippen molar-refractivity contribution in [2.75, 3.05) is 43.1 Å². The lowest BCUT2D eigenvalue weighted by atomic mass is 10.2. The van der Waals surface area contributed by atoms with Crippen LogP contribution in [-0.2, 0) is 4.79 Å². The molecule has 0 saturated carbocycles. The Morgan fingerprint density at radius 2 is 2.10 bits per heavy atom. The van der Waals surface area contributed by atoms with Crippen LogP contribution in [0.15, 0.2) is 0 Å². The molecule has 0 bridgehead atoms. The van der Waals surface area contributed by atoms with Crippen molar-refractivity contribution in [1.82, 2.24) is 14.3 Å². The first kappa shape index (κ1) is 18.5. The van der Waals surface area contributed by atoms with Gasteiger partial charge in [0.25, 0.3) is 0 Å². The second kappa shape index (κ2) is 8.77. The van der Waals surface area contributed by atoms with Crippen LogP contribution >= 0.6 is 35.7 Å². The first-order chi connectivity index (χ1) is 9.61. The Kier molecular flexibility index (Phi) is 7.72. The maximum absolute atomic E-state index is 12.2. The highest BCUT2D eigenvalue weighted by atomic mass is 35.5. The molecule has 6 nitrogen and oxygen atoms in total. The van der Waals surface area contributed by atoms with E-state index < -0.39 is 0 Å². The van der Waals surface area contributed by atoms with Crippen molar-refractivity contribution < 1.29 is 4.79 Å². The molecule has 0 unspecified atom stereocenters. The van der Waals surface area contributed by atoms with Gasteiger partial charge in [0.2, 0.25) is 11.0 Å². The third-order valence-corrected chi connectivity index (χ3v) is 4.84. The number of halogens is 1. The van der Waals surface area contributed by atoms with Crippen molar-refractivity contribution in [2.24, 2.45) is 5.73 Å². The van der Waals surface area contributed by atoms with Crippen molar-refractivity contribution in [3.8, 4) is 0 Å². The van der Waals surface area contributed by atoms with E-state index in [-0.39, 0.29) is 24.4 Å². The Hall–Kier alpha value is -0.570. The molecule has 9 heteroatoms. The summed E-state index contributed by atoms with van der Waals surface area (Å²) in [5, 5.41) is 0.946. The molecule has 1 saturated heterocycles. The van der Waals surface area contributed by atoms with Gasteiger partial charge in [0.15, 0.2) is 0 Å². The second-order valence-corrected chi connectivity index (χ2v) is 6.54. The van der Waals surface area contributed by atoms with E-state index in [4.69, 9.17) is 5.73 Å². The van der Waals surface area contributed by atoms with E-state index in [1.807, 2.05) is 18.1 Å². The van der Waals surface area contributed by atoms with Crippen LogP contribution in [0.1, 0.15) is 12.2 Å². The first-order valence-corrected chi connectivity index (χ1v) is 8.87. The number of hydrogen-bond donors (Lipinski definition) is 1. The Balaban J connectivity index is 0.00000220. The first-order valence-electron chi connectivity index (χ1n) is 6.70. The molecule has 120 valence electrons. The maximum atomic E-state index is 12.2. The summed E-state index contributed by atoms with van der Waals surface area (Å²) in [4.78, 5) is 20.6. The number of carbonyl (C=O) groups excluding carboxylic acids is 1. The maximum Gasteiger partial charge on any atom is 0.239 e. The Morgan fingerprint density at radius 1 is 1.43 bits per heavy atom. The summed E-state index contributed by atoms with van der Waals surface area (Å²) >= 11 is 3.14. The van der Waals surface area contributed by atoms with E-state index in [1.165, 1.54) is 11.5 Å². The van der Waals surface area contributed by atoms with Gasteiger partial charge < -0.3 is 15.5 Å². The van der Waals surface area contributed by atoms with Gasteiger partial charge in [-0.2, -0.15) is 16.1 Å². The number of carbonyl (C=O) groups is 1. The van der Waals surface area contributed by atoms with Gasteiger partial charge in [-0.25, -0.2) is 4.98 Å². The van der Waals surface area contributed by atoms with Crippen LogP contribution in [0.5, 0.6) is 0 Å². The molecular weight excluding hydrogens is 330 g/mol. The average Bonchev–Trinajstić information content (AvgIpc) is 2.90. The van der Waals surface area contributed by atoms with E-state index in [9.17, 15) is 4.79 Å². The van der Waals surface area contributed by atoms with Gasteiger partial charge in [-0.15, -0.1) is 12.4 Å². The third kappa shape index (κ3) is 4.98. The number of nitrogens with zero attached hydrogens (tertiary/aromatic N) is 4. The molecule has 1 aliphatic rings. The summed E-state index contributed by atoms with van der Waals surface area (Å²) in [5.74, 6) is 1.81. The Labute approximate surface area is 140 Å². The van der Waals surface area contributed by atoms with Crippen LogP contribution < -0.4 is 10.6 Å². The predicted octanol–water partition coefficient (Wildman–Crippen LogP) is 0.997. The van der Waals surface area contributed by atoms with Crippen LogP contribution in [0.2, 0.25) is 0 Å². The lowest BCUT2D eigenvalue weighted by Gasteiger charge is -2.35. The van der Waals surface area contributed by atoms with Gasteiger partial charge in [-0.1, -0.05) is 0 Å². The molecule has 1 aliphatic heterocycles. The van der Waals surface area contributed by atoms with Crippen LogP contribution in [0.25, 0.3) is 0 Å². The fourth-order valence-electron chi connectivity index (χ4n) is 2.14. The van der Waals surface area contributed by atoms with E-state index in [2.05, 4.69) is 14.3 Å². The molecule has 0 aromatic carbocycles. The highest BCUT2D eigenvalue weighted by Gasteiger charge is 2.26. The normalized spacial score (nSPS) is 16.5. The monoisotopic (exact) mass is 351 g/mol. The molecule has 0 aliphatic carbocycles. The van der Waals surface area contributed by atoms with Crippen molar-refractivity contribution in [3.63, 3.8) is 0 Å². The van der Waals surface area contributed by atoms with Crippen molar-refractivity contribution in [1.29, 1.82) is 0 Å². The number of amides is 1. The van der Waals surface area contributed by atoms with E-state index in [1.54, 1.807) is 11.8 Å². The summed E-state index contributed by atoms with van der Waals surface area (Å²) in [6.07, 6.45) is 2.77. The molecule has 2 N–H and O–H groups in total. The van der Waals surface area contributed by atoms with Gasteiger partial charge >= 0.3 is 0 Å². The predicted molar refractivity (Wildman–Crippen MR) is 91.7 cm³/mol. The molecule has 1 aromatic rings. The fraction of sp³-hybridized carbons (Fsp3) is 0.750. The van der Waals surface area contributed by atoms with E-state index in [0.29, 0.717) is 13.1 Å². The quantitative estimate of drug-likeness (QED) is 0.852. The van der Waals surface area contributed by atoms with Crippen LogP contribution in [-0.4, -0.2) is 64.4 Å². The minimum Gasteiger partial charge on any atom is -0.343 e. The van der Waals surface area contributed by atoms with E-state index in [0.717, 1.165) is 36.2 Å². The SMILES string of the molecule is CSCC[C@H](N)C(=O)N1CCN(c2nc(C)ns2)CC1.Cl. The molecule has 2 rings (SSSR count). The topological polar surface area (TPSA) is 75.4 Å². The average molecular weight is 352 g/mol. The number of aromatic nitrogens is 2. The zero-order valence-electron chi connectivity index (χ0n) is 12.3. The number of rotatable bonds is 5. The molecule has 0 radical (unpaired) electrons. The summed E-state index contributed by atoms with van der Waals surface area (Å²) in [6, 6.07) is -0.363. The second-order valence-electron chi connectivity index (χ2n) is 4.82. The van der Waals surface area contributed by atoms with Crippen LogP contribution in [0, 0.1) is 6.92 Å². The number of aryl methyl sites for hydroxylation is 1. The van der Waals surface area contributed by atoms with Gasteiger partial charge in [0.1, 0.15) is 5.82 Å². The van der Waals surface area contributed by atoms with Gasteiger partial charge in [0.05, 0.1) is 6.04 Å². The van der Waals surface area contributed by atoms with Crippen molar-refractivity contribution in [3.05, 3.63) is 5.82 Å². The van der Waals surface area contributed by atoms with Gasteiger partial charge in [-0.05, 0) is 25.4 Å². The zero-order chi connectivity index (χ0) is 14.5. The zero-order valence-corrected chi connectivity index (χ0v) is 14.8. The molecule has 21 heavy (non-hydrogen) atoms. The van der Waals surface area contributed by atoms with Gasteiger partial charge in [0, 0.05) is 37.7 Å². The minimum atomic E-state index is -0.363. The summed E-state index contributed by atoms with van der Waals surface area (Å²) in [6.45, 7) is 4.92. The van der Waals surface area contributed by atoms with Crippen molar-refractivity contribution >= 4 is 46.7 Å². The Bertz CT molecular complexity index is 451. The lowest BCUT2D eigenvalue weighted by Crippen LogP contribution is -2.53. The molecule has 0 spiro atoms. The molecule has 1 atom stereocenters.